The van der Waals surface area contributed by atoms with Crippen LogP contribution in [0.2, 0.25) is 0 Å². The first kappa shape index (κ1) is 17.9. The molecule has 4 rings (SSSR count). The quantitative estimate of drug-likeness (QED) is 0.814. The van der Waals surface area contributed by atoms with Crippen molar-refractivity contribution in [2.45, 2.75) is 37.5 Å². The van der Waals surface area contributed by atoms with E-state index in [4.69, 9.17) is 0 Å². The van der Waals surface area contributed by atoms with Gasteiger partial charge >= 0.3 is 6.03 Å². The predicted molar refractivity (Wildman–Crippen MR) is 101 cm³/mol. The number of carbonyl (C=O) groups is 2. The number of thiazole rings is 1. The molecule has 0 saturated carbocycles. The second-order valence-electron chi connectivity index (χ2n) is 6.53. The summed E-state index contributed by atoms with van der Waals surface area (Å²) in [5.74, 6) is -0.601. The van der Waals surface area contributed by atoms with E-state index in [1.807, 2.05) is 0 Å². The van der Waals surface area contributed by atoms with Gasteiger partial charge in [0.2, 0.25) is 5.91 Å². The molecule has 2 heterocycles. The van der Waals surface area contributed by atoms with E-state index in [9.17, 15) is 18.0 Å². The van der Waals surface area contributed by atoms with Gasteiger partial charge in [0, 0.05) is 4.88 Å². The van der Waals surface area contributed by atoms with Gasteiger partial charge in [0.25, 0.3) is 10.0 Å². The van der Waals surface area contributed by atoms with Crippen molar-refractivity contribution in [2.24, 2.45) is 0 Å². The van der Waals surface area contributed by atoms with Gasteiger partial charge in [-0.3, -0.25) is 4.79 Å². The van der Waals surface area contributed by atoms with Gasteiger partial charge in [-0.1, -0.05) is 12.1 Å². The van der Waals surface area contributed by atoms with Gasteiger partial charge in [-0.2, -0.15) is 0 Å². The minimum atomic E-state index is -4.10. The second kappa shape index (κ2) is 6.61. The van der Waals surface area contributed by atoms with Crippen LogP contribution in [0.4, 0.5) is 15.6 Å². The van der Waals surface area contributed by atoms with Gasteiger partial charge in [-0.15, -0.1) is 11.3 Å². The van der Waals surface area contributed by atoms with Crippen LogP contribution >= 0.6 is 11.3 Å². The van der Waals surface area contributed by atoms with E-state index >= 15 is 0 Å². The SMILES string of the molecule is Cc1cccc2c1NC(=O)N(CC(=O)Nc1nc3c(s1)CCCC3)S2(=O)=O. The summed E-state index contributed by atoms with van der Waals surface area (Å²) in [5.41, 5.74) is 1.89. The van der Waals surface area contributed by atoms with Crippen molar-refractivity contribution in [3.05, 3.63) is 34.3 Å². The maximum absolute atomic E-state index is 12.8. The molecule has 0 radical (unpaired) electrons. The van der Waals surface area contributed by atoms with E-state index in [2.05, 4.69) is 15.6 Å². The zero-order valence-electron chi connectivity index (χ0n) is 14.6. The number of rotatable bonds is 3. The molecule has 8 nitrogen and oxygen atoms in total. The molecule has 2 aromatic rings. The van der Waals surface area contributed by atoms with Crippen LogP contribution in [-0.4, -0.2) is 36.2 Å². The van der Waals surface area contributed by atoms with Crippen LogP contribution in [0.25, 0.3) is 0 Å². The number of anilines is 2. The highest BCUT2D eigenvalue weighted by Gasteiger charge is 2.38. The standard InChI is InChI=1S/C17H18N4O4S2/c1-10-5-4-8-13-15(10)20-17(23)21(27(13,24)25)9-14(22)19-16-18-11-6-2-3-7-12(11)26-16/h4-5,8H,2-3,6-7,9H2,1H3,(H,20,23)(H,18,19,22). The molecule has 3 amide bonds. The van der Waals surface area contributed by atoms with Crippen LogP contribution in [0.5, 0.6) is 0 Å². The van der Waals surface area contributed by atoms with Gasteiger partial charge in [0.15, 0.2) is 5.13 Å². The molecule has 0 atom stereocenters. The van der Waals surface area contributed by atoms with Gasteiger partial charge in [0.1, 0.15) is 11.4 Å². The number of nitrogens with one attached hydrogen (secondary N) is 2. The molecule has 27 heavy (non-hydrogen) atoms. The number of urea groups is 1. The second-order valence-corrected chi connectivity index (χ2v) is 9.45. The Labute approximate surface area is 160 Å². The normalized spacial score (nSPS) is 17.7. The number of para-hydroxylation sites is 1. The Bertz CT molecular complexity index is 1020. The van der Waals surface area contributed by atoms with Crippen molar-refractivity contribution in [3.63, 3.8) is 0 Å². The Kier molecular flexibility index (Phi) is 4.39. The molecular weight excluding hydrogens is 388 g/mol. The van der Waals surface area contributed by atoms with Gasteiger partial charge < -0.3 is 10.6 Å². The molecule has 142 valence electrons. The number of hydrogen-bond acceptors (Lipinski definition) is 6. The number of carbonyl (C=O) groups excluding carboxylic acids is 2. The smallest absolute Gasteiger partial charge is 0.305 e. The first-order valence-corrected chi connectivity index (χ1v) is 10.8. The summed E-state index contributed by atoms with van der Waals surface area (Å²) < 4.78 is 26.1. The fraction of sp³-hybridized carbons (Fsp3) is 0.353. The lowest BCUT2D eigenvalue weighted by molar-refractivity contribution is -0.116. The van der Waals surface area contributed by atoms with E-state index in [0.29, 0.717) is 15.0 Å². The summed E-state index contributed by atoms with van der Waals surface area (Å²) in [6.07, 6.45) is 4.02. The Hall–Kier alpha value is -2.46. The van der Waals surface area contributed by atoms with E-state index in [1.54, 1.807) is 19.1 Å². The van der Waals surface area contributed by atoms with E-state index in [0.717, 1.165) is 36.3 Å². The average Bonchev–Trinajstić information content (AvgIpc) is 3.02. The summed E-state index contributed by atoms with van der Waals surface area (Å²) in [5, 5.41) is 5.62. The summed E-state index contributed by atoms with van der Waals surface area (Å²) in [6.45, 7) is 1.10. The van der Waals surface area contributed by atoms with E-state index < -0.39 is 28.5 Å². The number of sulfonamides is 1. The minimum absolute atomic E-state index is 0.0142. The molecule has 1 aromatic carbocycles. The largest absolute Gasteiger partial charge is 0.336 e. The number of fused-ring (bicyclic) bond motifs is 2. The zero-order chi connectivity index (χ0) is 19.2. The number of nitrogens with zero attached hydrogens (tertiary/aromatic N) is 2. The maximum Gasteiger partial charge on any atom is 0.336 e. The number of aryl methyl sites for hydroxylation is 3. The van der Waals surface area contributed by atoms with Gasteiger partial charge in [0.05, 0.1) is 11.4 Å². The van der Waals surface area contributed by atoms with Crippen LogP contribution < -0.4 is 10.6 Å². The summed E-state index contributed by atoms with van der Waals surface area (Å²) >= 11 is 1.41. The molecule has 1 aliphatic carbocycles. The Morgan fingerprint density at radius 3 is 2.89 bits per heavy atom. The number of aromatic nitrogens is 1. The molecule has 0 unspecified atom stereocenters. The third-order valence-electron chi connectivity index (χ3n) is 4.64. The van der Waals surface area contributed by atoms with Crippen molar-refractivity contribution in [3.8, 4) is 0 Å². The molecule has 2 N–H and O–H groups in total. The van der Waals surface area contributed by atoms with Gasteiger partial charge in [-0.05, 0) is 44.2 Å². The minimum Gasteiger partial charge on any atom is -0.305 e. The molecule has 1 aromatic heterocycles. The number of amides is 3. The summed E-state index contributed by atoms with van der Waals surface area (Å²) in [4.78, 5) is 30.2. The Balaban J connectivity index is 1.54. The van der Waals surface area contributed by atoms with Crippen molar-refractivity contribution in [1.29, 1.82) is 0 Å². The summed E-state index contributed by atoms with van der Waals surface area (Å²) in [7, 11) is -4.10. The van der Waals surface area contributed by atoms with Gasteiger partial charge in [-0.25, -0.2) is 22.5 Å². The maximum atomic E-state index is 12.8. The average molecular weight is 406 g/mol. The highest BCUT2D eigenvalue weighted by Crippen LogP contribution is 2.33. The number of benzene rings is 1. The molecule has 0 saturated heterocycles. The first-order chi connectivity index (χ1) is 12.9. The lowest BCUT2D eigenvalue weighted by atomic mass is 10.0. The van der Waals surface area contributed by atoms with Crippen LogP contribution in [-0.2, 0) is 27.7 Å². The predicted octanol–water partition coefficient (Wildman–Crippen LogP) is 2.51. The van der Waals surface area contributed by atoms with E-state index in [-0.39, 0.29) is 10.6 Å². The lowest BCUT2D eigenvalue weighted by Gasteiger charge is -2.29. The Morgan fingerprint density at radius 1 is 1.33 bits per heavy atom. The molecular formula is C17H18N4O4S2. The number of hydrogen-bond donors (Lipinski definition) is 2. The zero-order valence-corrected chi connectivity index (χ0v) is 16.2. The summed E-state index contributed by atoms with van der Waals surface area (Å²) in [6, 6.07) is 3.88. The van der Waals surface area contributed by atoms with Crippen LogP contribution in [0.1, 0.15) is 29.0 Å². The van der Waals surface area contributed by atoms with Crippen LogP contribution in [0.15, 0.2) is 23.1 Å². The van der Waals surface area contributed by atoms with Crippen LogP contribution in [0.3, 0.4) is 0 Å². The monoisotopic (exact) mass is 406 g/mol. The Morgan fingerprint density at radius 2 is 2.11 bits per heavy atom. The highest BCUT2D eigenvalue weighted by molar-refractivity contribution is 7.90. The molecule has 0 bridgehead atoms. The van der Waals surface area contributed by atoms with Crippen molar-refractivity contribution in [1.82, 2.24) is 9.29 Å². The van der Waals surface area contributed by atoms with E-state index in [1.165, 1.54) is 17.4 Å². The fourth-order valence-electron chi connectivity index (χ4n) is 3.26. The third-order valence-corrected chi connectivity index (χ3v) is 7.48. The third kappa shape index (κ3) is 3.19. The molecule has 0 spiro atoms. The van der Waals surface area contributed by atoms with Crippen LogP contribution in [0, 0.1) is 6.92 Å². The first-order valence-electron chi connectivity index (χ1n) is 8.58. The molecule has 1 aliphatic heterocycles. The van der Waals surface area contributed by atoms with Crippen molar-refractivity contribution >= 4 is 44.1 Å². The van der Waals surface area contributed by atoms with Crippen molar-refractivity contribution in [2.75, 3.05) is 17.2 Å². The topological polar surface area (TPSA) is 108 Å². The highest BCUT2D eigenvalue weighted by atomic mass is 32.2. The lowest BCUT2D eigenvalue weighted by Crippen LogP contribution is -2.47. The molecule has 0 fully saturated rings. The fourth-order valence-corrected chi connectivity index (χ4v) is 5.84. The molecule has 2 aliphatic rings. The van der Waals surface area contributed by atoms with Crippen molar-refractivity contribution < 1.29 is 18.0 Å². The molecule has 10 heteroatoms.